The van der Waals surface area contributed by atoms with Crippen molar-refractivity contribution in [3.8, 4) is 0 Å². The molecule has 2 amide bonds. The minimum atomic E-state index is -1.10. The van der Waals surface area contributed by atoms with Gasteiger partial charge in [-0.25, -0.2) is 18.4 Å². The molecule has 1 aromatic carbocycles. The molecule has 7 nitrogen and oxygen atoms in total. The predicted octanol–water partition coefficient (Wildman–Crippen LogP) is 3.77. The van der Waals surface area contributed by atoms with Crippen LogP contribution in [-0.2, 0) is 0 Å². The molecule has 3 N–H and O–H groups in total. The van der Waals surface area contributed by atoms with Crippen molar-refractivity contribution in [3.63, 3.8) is 0 Å². The fourth-order valence-corrected chi connectivity index (χ4v) is 2.92. The number of carbonyl (C=O) groups excluding carboxylic acids is 2. The van der Waals surface area contributed by atoms with Crippen molar-refractivity contribution in [2.75, 3.05) is 5.32 Å². The lowest BCUT2D eigenvalue weighted by Gasteiger charge is -2.13. The second kappa shape index (κ2) is 7.57. The molecule has 0 unspecified atom stereocenters. The van der Waals surface area contributed by atoms with Gasteiger partial charge in [0.05, 0.1) is 28.4 Å². The first-order valence-electron chi connectivity index (χ1n) is 9.08. The normalized spacial score (nSPS) is 11.4. The molecule has 0 bridgehead atoms. The van der Waals surface area contributed by atoms with Crippen molar-refractivity contribution in [3.05, 3.63) is 52.9 Å². The number of anilines is 1. The summed E-state index contributed by atoms with van der Waals surface area (Å²) in [6.45, 7) is 7.75. The van der Waals surface area contributed by atoms with Gasteiger partial charge in [0, 0.05) is 17.8 Å². The lowest BCUT2D eigenvalue weighted by atomic mass is 10.0. The molecule has 0 aliphatic heterocycles. The van der Waals surface area contributed by atoms with E-state index in [1.165, 1.54) is 6.20 Å². The predicted molar refractivity (Wildman–Crippen MR) is 105 cm³/mol. The van der Waals surface area contributed by atoms with Crippen molar-refractivity contribution in [1.29, 1.82) is 0 Å². The number of nitrogens with zero attached hydrogens (tertiary/aromatic N) is 3. The summed E-state index contributed by atoms with van der Waals surface area (Å²) in [5, 5.41) is 7.19. The van der Waals surface area contributed by atoms with Crippen LogP contribution in [0.15, 0.2) is 24.4 Å². The highest BCUT2D eigenvalue weighted by Gasteiger charge is 2.21. The summed E-state index contributed by atoms with van der Waals surface area (Å²) >= 11 is 0. The number of rotatable bonds is 5. The smallest absolute Gasteiger partial charge is 0.256 e. The van der Waals surface area contributed by atoms with Gasteiger partial charge in [0.1, 0.15) is 11.6 Å². The first-order chi connectivity index (χ1) is 13.6. The number of fused-ring (bicyclic) bond motifs is 1. The van der Waals surface area contributed by atoms with Crippen LogP contribution < -0.4 is 11.1 Å². The first-order valence-corrected chi connectivity index (χ1v) is 9.08. The van der Waals surface area contributed by atoms with Gasteiger partial charge in [-0.2, -0.15) is 5.10 Å². The topological polar surface area (TPSA) is 103 Å². The average molecular weight is 401 g/mol. The van der Waals surface area contributed by atoms with E-state index in [1.54, 1.807) is 10.7 Å². The standard InChI is InChI=1S/C20H21F2N5O2/c1-9(2)16-5-11(13-8-24-27(10(3)4)19(13)25-16)20(29)26-17-6-12(18(23)28)14(21)7-15(17)22/h5-10H,1-4H3,(H2,23,28)(H,26,29). The van der Waals surface area contributed by atoms with E-state index < -0.39 is 29.0 Å². The van der Waals surface area contributed by atoms with Crippen LogP contribution in [0, 0.1) is 11.6 Å². The van der Waals surface area contributed by atoms with E-state index in [0.29, 0.717) is 22.8 Å². The monoisotopic (exact) mass is 401 g/mol. The Labute approximate surface area is 165 Å². The van der Waals surface area contributed by atoms with Gasteiger partial charge in [0.2, 0.25) is 0 Å². The number of hydrogen-bond acceptors (Lipinski definition) is 4. The summed E-state index contributed by atoms with van der Waals surface area (Å²) in [5.41, 5.74) is 5.68. The number of benzene rings is 1. The Kier molecular flexibility index (Phi) is 5.32. The van der Waals surface area contributed by atoms with Gasteiger partial charge in [-0.1, -0.05) is 13.8 Å². The van der Waals surface area contributed by atoms with Crippen molar-refractivity contribution in [2.24, 2.45) is 5.73 Å². The zero-order valence-electron chi connectivity index (χ0n) is 16.5. The Hall–Kier alpha value is -3.36. The molecule has 29 heavy (non-hydrogen) atoms. The third-order valence-electron chi connectivity index (χ3n) is 4.48. The highest BCUT2D eigenvalue weighted by molar-refractivity contribution is 6.12. The number of nitrogens with two attached hydrogens (primary N) is 1. The van der Waals surface area contributed by atoms with Crippen LogP contribution in [0.3, 0.4) is 0 Å². The summed E-state index contributed by atoms with van der Waals surface area (Å²) in [6.07, 6.45) is 1.53. The van der Waals surface area contributed by atoms with Gasteiger partial charge in [0.15, 0.2) is 5.65 Å². The van der Waals surface area contributed by atoms with Crippen LogP contribution in [0.4, 0.5) is 14.5 Å². The minimum absolute atomic E-state index is 0.0194. The summed E-state index contributed by atoms with van der Waals surface area (Å²) in [4.78, 5) is 28.9. The molecule has 3 rings (SSSR count). The van der Waals surface area contributed by atoms with E-state index in [1.807, 2.05) is 27.7 Å². The molecule has 0 aliphatic carbocycles. The molecule has 2 aromatic heterocycles. The Morgan fingerprint density at radius 3 is 2.34 bits per heavy atom. The van der Waals surface area contributed by atoms with Gasteiger partial charge in [0.25, 0.3) is 11.8 Å². The number of nitrogens with one attached hydrogen (secondary N) is 1. The molecule has 0 saturated carbocycles. The average Bonchev–Trinajstić information content (AvgIpc) is 3.06. The maximum atomic E-state index is 14.2. The summed E-state index contributed by atoms with van der Waals surface area (Å²) in [6, 6.07) is 3.02. The molecule has 0 radical (unpaired) electrons. The fourth-order valence-electron chi connectivity index (χ4n) is 2.92. The number of halogens is 2. The quantitative estimate of drug-likeness (QED) is 0.679. The number of amides is 2. The second-order valence-electron chi connectivity index (χ2n) is 7.30. The third kappa shape index (κ3) is 3.80. The van der Waals surface area contributed by atoms with Gasteiger partial charge in [-0.15, -0.1) is 0 Å². The lowest BCUT2D eigenvalue weighted by molar-refractivity contribution is 0.0992. The van der Waals surface area contributed by atoms with Crippen LogP contribution in [0.2, 0.25) is 0 Å². The van der Waals surface area contributed by atoms with E-state index in [9.17, 15) is 18.4 Å². The van der Waals surface area contributed by atoms with E-state index >= 15 is 0 Å². The van der Waals surface area contributed by atoms with Crippen LogP contribution in [0.5, 0.6) is 0 Å². The summed E-state index contributed by atoms with van der Waals surface area (Å²) in [7, 11) is 0. The SMILES string of the molecule is CC(C)c1cc(C(=O)Nc2cc(C(N)=O)c(F)cc2F)c2cnn(C(C)C)c2n1. The second-order valence-corrected chi connectivity index (χ2v) is 7.30. The summed E-state index contributed by atoms with van der Waals surface area (Å²) < 4.78 is 29.6. The van der Waals surface area contributed by atoms with E-state index in [2.05, 4.69) is 15.4 Å². The number of primary amides is 1. The maximum absolute atomic E-state index is 14.2. The number of hydrogen-bond donors (Lipinski definition) is 2. The van der Waals surface area contributed by atoms with Crippen molar-refractivity contribution >= 4 is 28.5 Å². The molecule has 0 aliphatic rings. The van der Waals surface area contributed by atoms with Crippen molar-refractivity contribution in [2.45, 2.75) is 39.7 Å². The largest absolute Gasteiger partial charge is 0.366 e. The fraction of sp³-hybridized carbons (Fsp3) is 0.300. The van der Waals surface area contributed by atoms with Gasteiger partial charge < -0.3 is 11.1 Å². The summed E-state index contributed by atoms with van der Waals surface area (Å²) in [5.74, 6) is -3.79. The molecular weight excluding hydrogens is 380 g/mol. The van der Waals surface area contributed by atoms with Gasteiger partial charge in [-0.3, -0.25) is 9.59 Å². The molecule has 2 heterocycles. The Balaban J connectivity index is 2.10. The zero-order valence-corrected chi connectivity index (χ0v) is 16.5. The highest BCUT2D eigenvalue weighted by Crippen LogP contribution is 2.26. The van der Waals surface area contributed by atoms with E-state index in [4.69, 9.17) is 5.73 Å². The third-order valence-corrected chi connectivity index (χ3v) is 4.48. The van der Waals surface area contributed by atoms with Crippen molar-refractivity contribution in [1.82, 2.24) is 14.8 Å². The molecule has 3 aromatic rings. The van der Waals surface area contributed by atoms with Crippen LogP contribution in [0.25, 0.3) is 11.0 Å². The molecule has 0 spiro atoms. The highest BCUT2D eigenvalue weighted by atomic mass is 19.1. The molecule has 0 atom stereocenters. The van der Waals surface area contributed by atoms with Crippen molar-refractivity contribution < 1.29 is 18.4 Å². The molecule has 0 saturated heterocycles. The molecule has 0 fully saturated rings. The zero-order chi connectivity index (χ0) is 21.5. The number of carbonyl (C=O) groups is 2. The molecule has 152 valence electrons. The number of aromatic nitrogens is 3. The molecular formula is C20H21F2N5O2. The first kappa shape index (κ1) is 20.4. The van der Waals surface area contributed by atoms with E-state index in [-0.39, 0.29) is 23.2 Å². The van der Waals surface area contributed by atoms with Gasteiger partial charge >= 0.3 is 0 Å². The maximum Gasteiger partial charge on any atom is 0.256 e. The lowest BCUT2D eigenvalue weighted by Crippen LogP contribution is -2.18. The minimum Gasteiger partial charge on any atom is -0.366 e. The Morgan fingerprint density at radius 2 is 1.76 bits per heavy atom. The Morgan fingerprint density at radius 1 is 1.07 bits per heavy atom. The van der Waals surface area contributed by atoms with Gasteiger partial charge in [-0.05, 0) is 31.9 Å². The number of pyridine rings is 1. The van der Waals surface area contributed by atoms with Crippen LogP contribution in [0.1, 0.15) is 66.1 Å². The Bertz CT molecular complexity index is 1120. The van der Waals surface area contributed by atoms with Crippen LogP contribution in [-0.4, -0.2) is 26.6 Å². The molecule has 9 heteroatoms. The van der Waals surface area contributed by atoms with Crippen LogP contribution >= 0.6 is 0 Å². The van der Waals surface area contributed by atoms with E-state index in [0.717, 1.165) is 6.07 Å².